The Kier molecular flexibility index (Phi) is 3.12. The summed E-state index contributed by atoms with van der Waals surface area (Å²) in [5, 5.41) is 0. The first kappa shape index (κ1) is 11.4. The number of nitrogens with zero attached hydrogens (tertiary/aromatic N) is 1. The van der Waals surface area contributed by atoms with Crippen LogP contribution in [0.5, 0.6) is 5.75 Å². The summed E-state index contributed by atoms with van der Waals surface area (Å²) in [5.41, 5.74) is 6.58. The summed E-state index contributed by atoms with van der Waals surface area (Å²) in [5.74, 6) is 0.330. The molecule has 0 aliphatic carbocycles. The largest absolute Gasteiger partial charge is 0.497 e. The number of rotatable bonds is 2. The highest BCUT2D eigenvalue weighted by atomic mass is 19.1. The molecule has 16 heavy (non-hydrogen) atoms. The molecular formula is C12H17FN2O. The van der Waals surface area contributed by atoms with Crippen molar-refractivity contribution in [2.24, 2.45) is 5.73 Å². The van der Waals surface area contributed by atoms with Crippen LogP contribution < -0.4 is 10.5 Å². The Balaban J connectivity index is 2.27. The van der Waals surface area contributed by atoms with Crippen LogP contribution >= 0.6 is 0 Å². The van der Waals surface area contributed by atoms with Gasteiger partial charge in [-0.15, -0.1) is 0 Å². The number of hydrogen-bond donors (Lipinski definition) is 1. The predicted octanol–water partition coefficient (Wildman–Crippen LogP) is 1.54. The molecule has 0 radical (unpaired) electrons. The molecule has 0 spiro atoms. The first-order valence-corrected chi connectivity index (χ1v) is 5.41. The van der Waals surface area contributed by atoms with Crippen molar-refractivity contribution in [1.82, 2.24) is 4.90 Å². The van der Waals surface area contributed by atoms with Crippen molar-refractivity contribution in [3.8, 4) is 5.75 Å². The Bertz CT molecular complexity index is 383. The quantitative estimate of drug-likeness (QED) is 0.828. The van der Waals surface area contributed by atoms with Gasteiger partial charge in [0.1, 0.15) is 11.6 Å². The third kappa shape index (κ3) is 2.03. The Labute approximate surface area is 95.0 Å². The van der Waals surface area contributed by atoms with Gasteiger partial charge in [-0.05, 0) is 19.5 Å². The summed E-state index contributed by atoms with van der Waals surface area (Å²) in [6.07, 6.45) is 0.805. The number of benzene rings is 1. The van der Waals surface area contributed by atoms with Gasteiger partial charge in [0.25, 0.3) is 0 Å². The first-order valence-electron chi connectivity index (χ1n) is 5.41. The highest BCUT2D eigenvalue weighted by Gasteiger charge is 2.30. The summed E-state index contributed by atoms with van der Waals surface area (Å²) < 4.78 is 18.8. The molecule has 0 aromatic heterocycles. The Morgan fingerprint density at radius 3 is 2.75 bits per heavy atom. The second-order valence-corrected chi connectivity index (χ2v) is 4.34. The molecule has 2 N–H and O–H groups in total. The number of ether oxygens (including phenoxy) is 1. The van der Waals surface area contributed by atoms with Crippen molar-refractivity contribution in [3.05, 3.63) is 29.6 Å². The SMILES string of the molecule is COc1ccc(C2CC(N)CN2C)c(F)c1. The number of likely N-dealkylation sites (tertiary alicyclic amines) is 1. The van der Waals surface area contributed by atoms with E-state index < -0.39 is 0 Å². The minimum Gasteiger partial charge on any atom is -0.497 e. The fourth-order valence-corrected chi connectivity index (χ4v) is 2.31. The van der Waals surface area contributed by atoms with E-state index in [1.54, 1.807) is 12.1 Å². The molecular weight excluding hydrogens is 207 g/mol. The maximum Gasteiger partial charge on any atom is 0.131 e. The van der Waals surface area contributed by atoms with Crippen LogP contribution in [-0.4, -0.2) is 31.6 Å². The molecule has 1 saturated heterocycles. The number of hydrogen-bond acceptors (Lipinski definition) is 3. The lowest BCUT2D eigenvalue weighted by atomic mass is 10.0. The highest BCUT2D eigenvalue weighted by molar-refractivity contribution is 5.31. The Morgan fingerprint density at radius 2 is 2.25 bits per heavy atom. The summed E-state index contributed by atoms with van der Waals surface area (Å²) in [4.78, 5) is 2.09. The summed E-state index contributed by atoms with van der Waals surface area (Å²) in [7, 11) is 3.51. The van der Waals surface area contributed by atoms with Crippen LogP contribution in [0.4, 0.5) is 4.39 Å². The average Bonchev–Trinajstić information content (AvgIpc) is 2.57. The molecule has 0 bridgehead atoms. The normalized spacial score (nSPS) is 26.0. The van der Waals surface area contributed by atoms with E-state index in [4.69, 9.17) is 10.5 Å². The van der Waals surface area contributed by atoms with Crippen LogP contribution in [-0.2, 0) is 0 Å². The summed E-state index contributed by atoms with van der Waals surface area (Å²) in [6, 6.07) is 5.22. The number of methoxy groups -OCH3 is 1. The molecule has 1 aliphatic heterocycles. The van der Waals surface area contributed by atoms with Gasteiger partial charge in [0, 0.05) is 30.3 Å². The molecule has 3 nitrogen and oxygen atoms in total. The monoisotopic (exact) mass is 224 g/mol. The van der Waals surface area contributed by atoms with Crippen molar-refractivity contribution >= 4 is 0 Å². The third-order valence-corrected chi connectivity index (χ3v) is 3.15. The fourth-order valence-electron chi connectivity index (χ4n) is 2.31. The van der Waals surface area contributed by atoms with Crippen LogP contribution in [0, 0.1) is 5.82 Å². The average molecular weight is 224 g/mol. The molecule has 1 aliphatic rings. The van der Waals surface area contributed by atoms with Crippen molar-refractivity contribution in [2.75, 3.05) is 20.7 Å². The van der Waals surface area contributed by atoms with Gasteiger partial charge in [0.05, 0.1) is 7.11 Å². The summed E-state index contributed by atoms with van der Waals surface area (Å²) in [6.45, 7) is 0.816. The van der Waals surface area contributed by atoms with Gasteiger partial charge < -0.3 is 10.5 Å². The van der Waals surface area contributed by atoms with E-state index in [-0.39, 0.29) is 17.9 Å². The topological polar surface area (TPSA) is 38.5 Å². The molecule has 1 aromatic rings. The Morgan fingerprint density at radius 1 is 1.50 bits per heavy atom. The molecule has 0 amide bonds. The number of halogens is 1. The van der Waals surface area contributed by atoms with Crippen LogP contribution in [0.2, 0.25) is 0 Å². The minimum absolute atomic E-state index is 0.0842. The van der Waals surface area contributed by atoms with Gasteiger partial charge >= 0.3 is 0 Å². The number of likely N-dealkylation sites (N-methyl/N-ethyl adjacent to an activating group) is 1. The molecule has 88 valence electrons. The van der Waals surface area contributed by atoms with E-state index >= 15 is 0 Å². The zero-order valence-electron chi connectivity index (χ0n) is 9.61. The van der Waals surface area contributed by atoms with E-state index in [0.717, 1.165) is 13.0 Å². The maximum atomic E-state index is 13.8. The van der Waals surface area contributed by atoms with Crippen LogP contribution in [0.3, 0.4) is 0 Å². The van der Waals surface area contributed by atoms with Crippen molar-refractivity contribution in [3.63, 3.8) is 0 Å². The lowest BCUT2D eigenvalue weighted by molar-refractivity contribution is 0.308. The molecule has 2 rings (SSSR count). The van der Waals surface area contributed by atoms with Gasteiger partial charge in [0.15, 0.2) is 0 Å². The second kappa shape index (κ2) is 4.39. The zero-order valence-corrected chi connectivity index (χ0v) is 9.61. The van der Waals surface area contributed by atoms with E-state index in [2.05, 4.69) is 4.90 Å². The van der Waals surface area contributed by atoms with Gasteiger partial charge in [-0.25, -0.2) is 4.39 Å². The van der Waals surface area contributed by atoms with E-state index in [9.17, 15) is 4.39 Å². The fraction of sp³-hybridized carbons (Fsp3) is 0.500. The van der Waals surface area contributed by atoms with E-state index in [1.165, 1.54) is 13.2 Å². The minimum atomic E-state index is -0.217. The summed E-state index contributed by atoms with van der Waals surface area (Å²) >= 11 is 0. The molecule has 4 heteroatoms. The second-order valence-electron chi connectivity index (χ2n) is 4.34. The molecule has 2 unspecified atom stereocenters. The smallest absolute Gasteiger partial charge is 0.131 e. The standard InChI is InChI=1S/C12H17FN2O/c1-15-7-8(14)5-12(15)10-4-3-9(16-2)6-11(10)13/h3-4,6,8,12H,5,7,14H2,1-2H3. The zero-order chi connectivity index (χ0) is 11.7. The number of nitrogens with two attached hydrogens (primary N) is 1. The van der Waals surface area contributed by atoms with Gasteiger partial charge in [-0.1, -0.05) is 6.07 Å². The molecule has 1 fully saturated rings. The van der Waals surface area contributed by atoms with Crippen LogP contribution in [0.25, 0.3) is 0 Å². The maximum absolute atomic E-state index is 13.8. The van der Waals surface area contributed by atoms with Crippen LogP contribution in [0.1, 0.15) is 18.0 Å². The lowest BCUT2D eigenvalue weighted by Crippen LogP contribution is -2.24. The van der Waals surface area contributed by atoms with Crippen LogP contribution in [0.15, 0.2) is 18.2 Å². The molecule has 1 heterocycles. The van der Waals surface area contributed by atoms with Gasteiger partial charge in [0.2, 0.25) is 0 Å². The van der Waals surface area contributed by atoms with Crippen molar-refractivity contribution in [1.29, 1.82) is 0 Å². The van der Waals surface area contributed by atoms with E-state index in [0.29, 0.717) is 11.3 Å². The molecule has 0 saturated carbocycles. The third-order valence-electron chi connectivity index (χ3n) is 3.15. The van der Waals surface area contributed by atoms with Gasteiger partial charge in [-0.2, -0.15) is 0 Å². The molecule has 1 aromatic carbocycles. The highest BCUT2D eigenvalue weighted by Crippen LogP contribution is 2.32. The first-order chi connectivity index (χ1) is 7.61. The van der Waals surface area contributed by atoms with Gasteiger partial charge in [-0.3, -0.25) is 4.90 Å². The van der Waals surface area contributed by atoms with E-state index in [1.807, 2.05) is 7.05 Å². The Hall–Kier alpha value is -1.13. The van der Waals surface area contributed by atoms with Crippen molar-refractivity contribution in [2.45, 2.75) is 18.5 Å². The lowest BCUT2D eigenvalue weighted by Gasteiger charge is -2.20. The van der Waals surface area contributed by atoms with Crippen molar-refractivity contribution < 1.29 is 9.13 Å². The predicted molar refractivity (Wildman–Crippen MR) is 60.9 cm³/mol. The molecule has 2 atom stereocenters.